The summed E-state index contributed by atoms with van der Waals surface area (Å²) in [5.74, 6) is 0.441. The van der Waals surface area contributed by atoms with Crippen molar-refractivity contribution >= 4 is 34.0 Å². The van der Waals surface area contributed by atoms with E-state index in [9.17, 15) is 14.9 Å². The van der Waals surface area contributed by atoms with Gasteiger partial charge in [-0.25, -0.2) is 0 Å². The van der Waals surface area contributed by atoms with Gasteiger partial charge in [0.25, 0.3) is 5.91 Å². The van der Waals surface area contributed by atoms with Crippen molar-refractivity contribution in [2.75, 3.05) is 16.9 Å². The van der Waals surface area contributed by atoms with Crippen LogP contribution >= 0.6 is 0 Å². The second-order valence-electron chi connectivity index (χ2n) is 8.14. The number of ketones is 1. The molecule has 0 spiro atoms. The Balaban J connectivity index is 1.36. The number of carbonyl (C=O) groups excluding carboxylic acids is 2. The number of hydrogen-bond acceptors (Lipinski definition) is 6. The van der Waals surface area contributed by atoms with E-state index < -0.39 is 5.91 Å². The maximum Gasteiger partial charge on any atom is 0.258 e. The van der Waals surface area contributed by atoms with Crippen LogP contribution in [0.15, 0.2) is 65.1 Å². The molecule has 0 saturated heterocycles. The fourth-order valence-corrected chi connectivity index (χ4v) is 4.33. The molecule has 2 heterocycles. The van der Waals surface area contributed by atoms with Gasteiger partial charge in [0.2, 0.25) is 5.88 Å². The van der Waals surface area contributed by atoms with Crippen molar-refractivity contribution in [1.82, 2.24) is 0 Å². The lowest BCUT2D eigenvalue weighted by atomic mass is 10.0. The third-order valence-electron chi connectivity index (χ3n) is 5.99. The van der Waals surface area contributed by atoms with Crippen LogP contribution in [0.5, 0.6) is 5.75 Å². The first-order valence-corrected chi connectivity index (χ1v) is 10.8. The van der Waals surface area contributed by atoms with E-state index in [2.05, 4.69) is 28.4 Å². The molecule has 7 nitrogen and oxygen atoms in total. The second kappa shape index (κ2) is 8.41. The third kappa shape index (κ3) is 3.65. The molecule has 0 saturated carbocycles. The van der Waals surface area contributed by atoms with Gasteiger partial charge in [-0.15, -0.1) is 0 Å². The summed E-state index contributed by atoms with van der Waals surface area (Å²) >= 11 is 0. The molecule has 5 rings (SSSR count). The molecule has 1 N–H and O–H groups in total. The van der Waals surface area contributed by atoms with Crippen LogP contribution in [-0.4, -0.2) is 18.4 Å². The molecule has 34 heavy (non-hydrogen) atoms. The molecule has 7 heteroatoms. The van der Waals surface area contributed by atoms with Gasteiger partial charge in [-0.2, -0.15) is 5.26 Å². The first-order valence-electron chi connectivity index (χ1n) is 10.8. The molecule has 1 aliphatic heterocycles. The minimum Gasteiger partial charge on any atom is -0.473 e. The van der Waals surface area contributed by atoms with E-state index in [1.54, 1.807) is 19.1 Å². The van der Waals surface area contributed by atoms with Gasteiger partial charge in [-0.05, 0) is 55.0 Å². The van der Waals surface area contributed by atoms with E-state index in [-0.39, 0.29) is 22.8 Å². The molecular weight excluding hydrogens is 430 g/mol. The van der Waals surface area contributed by atoms with Gasteiger partial charge < -0.3 is 14.1 Å². The highest BCUT2D eigenvalue weighted by Gasteiger charge is 2.23. The van der Waals surface area contributed by atoms with Crippen molar-refractivity contribution in [3.63, 3.8) is 0 Å². The quantitative estimate of drug-likeness (QED) is 0.416. The van der Waals surface area contributed by atoms with E-state index >= 15 is 0 Å². The van der Waals surface area contributed by atoms with Gasteiger partial charge in [-0.1, -0.05) is 30.3 Å². The van der Waals surface area contributed by atoms with Crippen LogP contribution in [0.3, 0.4) is 0 Å². The molecule has 0 atom stereocenters. The Hall–Kier alpha value is -4.57. The van der Waals surface area contributed by atoms with Gasteiger partial charge in [0.05, 0.1) is 12.1 Å². The van der Waals surface area contributed by atoms with Crippen molar-refractivity contribution in [3.8, 4) is 11.8 Å². The maximum absolute atomic E-state index is 12.8. The summed E-state index contributed by atoms with van der Waals surface area (Å²) in [6.07, 6.45) is 0. The Kier molecular flexibility index (Phi) is 5.27. The zero-order valence-corrected chi connectivity index (χ0v) is 18.7. The number of ether oxygens (including phenoxy) is 1. The molecule has 0 unspecified atom stereocenters. The number of benzene rings is 3. The predicted molar refractivity (Wildman–Crippen MR) is 128 cm³/mol. The topological polar surface area (TPSA) is 95.6 Å². The van der Waals surface area contributed by atoms with Crippen LogP contribution in [0.2, 0.25) is 0 Å². The lowest BCUT2D eigenvalue weighted by Crippen LogP contribution is -2.32. The van der Waals surface area contributed by atoms with Gasteiger partial charge in [-0.3, -0.25) is 14.9 Å². The molecule has 4 aromatic rings. The molecule has 1 aliphatic rings. The number of aryl methyl sites for hydroxylation is 1. The Labute approximate surface area is 196 Å². The normalized spacial score (nSPS) is 12.6. The van der Waals surface area contributed by atoms with Crippen molar-refractivity contribution < 1.29 is 18.7 Å². The number of nitriles is 1. The lowest BCUT2D eigenvalue weighted by Gasteiger charge is -2.31. The van der Waals surface area contributed by atoms with E-state index in [0.717, 1.165) is 27.8 Å². The average Bonchev–Trinajstić information content (AvgIpc) is 3.18. The van der Waals surface area contributed by atoms with Crippen LogP contribution in [0.1, 0.15) is 44.5 Å². The monoisotopic (exact) mass is 451 g/mol. The minimum absolute atomic E-state index is 0.0211. The first kappa shape index (κ1) is 21.3. The number of hydrogen-bond donors (Lipinski definition) is 1. The largest absolute Gasteiger partial charge is 0.473 e. The molecule has 3 aromatic carbocycles. The van der Waals surface area contributed by atoms with E-state index in [1.165, 1.54) is 6.92 Å². The number of carbonyl (C=O) groups is 2. The Bertz CT molecular complexity index is 1480. The van der Waals surface area contributed by atoms with Gasteiger partial charge >= 0.3 is 0 Å². The number of nitrogens with zero attached hydrogens (tertiary/aromatic N) is 2. The molecular formula is C27H21N3O4. The summed E-state index contributed by atoms with van der Waals surface area (Å²) in [5, 5.41) is 14.4. The molecule has 0 radical (unpaired) electrons. The fourth-order valence-electron chi connectivity index (χ4n) is 4.33. The zero-order chi connectivity index (χ0) is 23.8. The van der Waals surface area contributed by atoms with Crippen molar-refractivity contribution in [1.29, 1.82) is 5.26 Å². The molecule has 0 bridgehead atoms. The van der Waals surface area contributed by atoms with E-state index in [4.69, 9.17) is 9.15 Å². The van der Waals surface area contributed by atoms with Crippen LogP contribution in [0.25, 0.3) is 10.8 Å². The molecule has 1 aromatic heterocycles. The number of furan rings is 1. The lowest BCUT2D eigenvalue weighted by molar-refractivity contribution is 0.101. The Morgan fingerprint density at radius 2 is 1.82 bits per heavy atom. The second-order valence-corrected chi connectivity index (χ2v) is 8.14. The summed E-state index contributed by atoms with van der Waals surface area (Å²) in [4.78, 5) is 26.7. The third-order valence-corrected chi connectivity index (χ3v) is 5.99. The van der Waals surface area contributed by atoms with Crippen molar-refractivity contribution in [3.05, 3.63) is 88.7 Å². The van der Waals surface area contributed by atoms with Gasteiger partial charge in [0, 0.05) is 16.8 Å². The van der Waals surface area contributed by atoms with Gasteiger partial charge in [0.1, 0.15) is 23.1 Å². The number of nitrogens with one attached hydrogen (secondary N) is 1. The maximum atomic E-state index is 12.8. The molecule has 0 fully saturated rings. The minimum atomic E-state index is -0.432. The van der Waals surface area contributed by atoms with Crippen LogP contribution in [0, 0.1) is 18.3 Å². The summed E-state index contributed by atoms with van der Waals surface area (Å²) in [7, 11) is 0. The first-order chi connectivity index (χ1) is 16.5. The highest BCUT2D eigenvalue weighted by molar-refractivity contribution is 6.06. The van der Waals surface area contributed by atoms with E-state index in [1.807, 2.05) is 36.4 Å². The van der Waals surface area contributed by atoms with Gasteiger partial charge in [0.15, 0.2) is 12.5 Å². The number of Topliss-reactive ketones (excluding diaryl/α,β-unsaturated/α-hetero) is 1. The SMILES string of the molecule is CC(=O)c1c(C)oc(NC(=O)c2ccc(N3COc4ccc5ccccc5c4C3)cc2)c1C#N. The van der Waals surface area contributed by atoms with Crippen LogP contribution in [-0.2, 0) is 6.54 Å². The highest BCUT2D eigenvalue weighted by Crippen LogP contribution is 2.34. The molecule has 168 valence electrons. The van der Waals surface area contributed by atoms with Crippen LogP contribution < -0.4 is 15.0 Å². The summed E-state index contributed by atoms with van der Waals surface area (Å²) in [6.45, 7) is 4.04. The van der Waals surface area contributed by atoms with Crippen LogP contribution in [0.4, 0.5) is 11.6 Å². The van der Waals surface area contributed by atoms with Crippen molar-refractivity contribution in [2.45, 2.75) is 20.4 Å². The van der Waals surface area contributed by atoms with Crippen molar-refractivity contribution in [2.24, 2.45) is 0 Å². The number of rotatable bonds is 4. The average molecular weight is 451 g/mol. The highest BCUT2D eigenvalue weighted by atomic mass is 16.5. The smallest absolute Gasteiger partial charge is 0.258 e. The number of anilines is 2. The number of fused-ring (bicyclic) bond motifs is 3. The Morgan fingerprint density at radius 1 is 1.06 bits per heavy atom. The summed E-state index contributed by atoms with van der Waals surface area (Å²) < 4.78 is 11.5. The Morgan fingerprint density at radius 3 is 2.56 bits per heavy atom. The number of amides is 1. The fraction of sp³-hybridized carbons (Fsp3) is 0.148. The van der Waals surface area contributed by atoms with E-state index in [0.29, 0.717) is 24.6 Å². The molecule has 1 amide bonds. The summed E-state index contributed by atoms with van der Waals surface area (Å²) in [5.41, 5.74) is 2.66. The predicted octanol–water partition coefficient (Wildman–Crippen LogP) is 5.42. The molecule has 0 aliphatic carbocycles. The summed E-state index contributed by atoms with van der Waals surface area (Å²) in [6, 6.07) is 21.4. The standard InChI is InChI=1S/C27H21N3O4/c1-16(31)25-17(2)34-27(22(25)13-28)29-26(32)19-7-10-20(11-8-19)30-14-23-21-6-4-3-5-18(21)9-12-24(23)33-15-30/h3-12H,14-15H2,1-2H3,(H,29,32). The zero-order valence-electron chi connectivity index (χ0n) is 18.7.